The van der Waals surface area contributed by atoms with Gasteiger partial charge in [-0.15, -0.1) is 0 Å². The molecule has 1 atom stereocenters. The zero-order valence-corrected chi connectivity index (χ0v) is 14.3. The lowest BCUT2D eigenvalue weighted by Gasteiger charge is -2.13. The van der Waals surface area contributed by atoms with Gasteiger partial charge < -0.3 is 4.57 Å². The van der Waals surface area contributed by atoms with Gasteiger partial charge in [0.15, 0.2) is 9.84 Å². The summed E-state index contributed by atoms with van der Waals surface area (Å²) in [6, 6.07) is 14.7. The summed E-state index contributed by atoms with van der Waals surface area (Å²) < 4.78 is 25.4. The number of benzene rings is 2. The standard InChI is InChI=1S/C20H16N2O2S/c23-25(24)10-7-17(13-25)22-9-8-21-20(22)15-5-6-19-16(12-15)11-14-3-1-2-4-18(14)19/h1-10,12,17H,11,13H2/t17-/m0/s1. The predicted molar refractivity (Wildman–Crippen MR) is 97.9 cm³/mol. The van der Waals surface area contributed by atoms with Crippen molar-refractivity contribution in [2.24, 2.45) is 0 Å². The van der Waals surface area contributed by atoms with E-state index in [0.29, 0.717) is 0 Å². The van der Waals surface area contributed by atoms with Crippen molar-refractivity contribution in [3.63, 3.8) is 0 Å². The van der Waals surface area contributed by atoms with E-state index in [9.17, 15) is 8.42 Å². The highest BCUT2D eigenvalue weighted by atomic mass is 32.2. The molecule has 2 heterocycles. The largest absolute Gasteiger partial charge is 0.323 e. The highest BCUT2D eigenvalue weighted by molar-refractivity contribution is 7.94. The minimum absolute atomic E-state index is 0.104. The minimum Gasteiger partial charge on any atom is -0.323 e. The number of fused-ring (bicyclic) bond motifs is 3. The molecule has 2 aromatic carbocycles. The summed E-state index contributed by atoms with van der Waals surface area (Å²) in [7, 11) is -3.10. The van der Waals surface area contributed by atoms with Crippen LogP contribution in [0.4, 0.5) is 0 Å². The number of rotatable bonds is 2. The summed E-state index contributed by atoms with van der Waals surface area (Å²) in [4.78, 5) is 4.49. The lowest BCUT2D eigenvalue weighted by Crippen LogP contribution is -2.12. The van der Waals surface area contributed by atoms with Crippen molar-refractivity contribution < 1.29 is 8.42 Å². The van der Waals surface area contributed by atoms with E-state index in [2.05, 4.69) is 47.4 Å². The Kier molecular flexibility index (Phi) is 3.03. The maximum absolute atomic E-state index is 11.7. The maximum Gasteiger partial charge on any atom is 0.173 e. The zero-order chi connectivity index (χ0) is 17.0. The molecule has 25 heavy (non-hydrogen) atoms. The molecule has 5 rings (SSSR count). The summed E-state index contributed by atoms with van der Waals surface area (Å²) >= 11 is 0. The number of aromatic nitrogens is 2. The lowest BCUT2D eigenvalue weighted by atomic mass is 10.0. The van der Waals surface area contributed by atoms with Crippen LogP contribution in [0.2, 0.25) is 0 Å². The molecule has 0 saturated heterocycles. The van der Waals surface area contributed by atoms with Crippen molar-refractivity contribution >= 4 is 9.84 Å². The van der Waals surface area contributed by atoms with E-state index in [4.69, 9.17) is 0 Å². The number of imidazole rings is 1. The SMILES string of the molecule is O=S1(=O)C=C[C@H](n2ccnc2-c2ccc3c(c2)Cc2ccccc2-3)C1. The number of hydrogen-bond donors (Lipinski definition) is 0. The first-order chi connectivity index (χ1) is 12.1. The summed E-state index contributed by atoms with van der Waals surface area (Å²) in [5.41, 5.74) is 6.25. The summed E-state index contributed by atoms with van der Waals surface area (Å²) in [6.45, 7) is 0. The molecule has 1 aromatic heterocycles. The molecule has 1 aliphatic carbocycles. The second-order valence-corrected chi connectivity index (χ2v) is 8.52. The first kappa shape index (κ1) is 14.7. The first-order valence-electron chi connectivity index (χ1n) is 8.26. The molecular weight excluding hydrogens is 332 g/mol. The Morgan fingerprint density at radius 2 is 1.88 bits per heavy atom. The van der Waals surface area contributed by atoms with Crippen LogP contribution in [0.3, 0.4) is 0 Å². The van der Waals surface area contributed by atoms with Crippen LogP contribution in [0, 0.1) is 0 Å². The van der Waals surface area contributed by atoms with Crippen LogP contribution in [0.5, 0.6) is 0 Å². The van der Waals surface area contributed by atoms with Crippen LogP contribution in [0.15, 0.2) is 66.3 Å². The smallest absolute Gasteiger partial charge is 0.173 e. The van der Waals surface area contributed by atoms with Gasteiger partial charge in [0.1, 0.15) is 5.82 Å². The van der Waals surface area contributed by atoms with Crippen molar-refractivity contribution in [2.75, 3.05) is 5.75 Å². The van der Waals surface area contributed by atoms with Gasteiger partial charge in [0.05, 0.1) is 11.8 Å². The number of nitrogens with zero attached hydrogens (tertiary/aromatic N) is 2. The van der Waals surface area contributed by atoms with Crippen molar-refractivity contribution in [3.8, 4) is 22.5 Å². The summed E-state index contributed by atoms with van der Waals surface area (Å²) in [6.07, 6.45) is 6.25. The molecule has 5 heteroatoms. The van der Waals surface area contributed by atoms with Gasteiger partial charge in [-0.3, -0.25) is 0 Å². The molecule has 2 aliphatic rings. The van der Waals surface area contributed by atoms with Gasteiger partial charge in [-0.25, -0.2) is 13.4 Å². The van der Waals surface area contributed by atoms with Gasteiger partial charge in [0.25, 0.3) is 0 Å². The Balaban J connectivity index is 1.56. The first-order valence-corrected chi connectivity index (χ1v) is 9.98. The molecule has 0 unspecified atom stereocenters. The Labute approximate surface area is 146 Å². The minimum atomic E-state index is -3.10. The molecule has 0 amide bonds. The topological polar surface area (TPSA) is 52.0 Å². The summed E-state index contributed by atoms with van der Waals surface area (Å²) in [5.74, 6) is 0.915. The molecule has 3 aromatic rings. The van der Waals surface area contributed by atoms with Crippen molar-refractivity contribution in [3.05, 3.63) is 77.5 Å². The third-order valence-corrected chi connectivity index (χ3v) is 6.37. The fourth-order valence-electron chi connectivity index (χ4n) is 3.82. The van der Waals surface area contributed by atoms with Gasteiger partial charge >= 0.3 is 0 Å². The quantitative estimate of drug-likeness (QED) is 0.556. The second kappa shape index (κ2) is 5.17. The van der Waals surface area contributed by atoms with Crippen LogP contribution in [-0.2, 0) is 16.3 Å². The molecule has 4 nitrogen and oxygen atoms in total. The van der Waals surface area contributed by atoms with Gasteiger partial charge in [-0.05, 0) is 40.8 Å². The van der Waals surface area contributed by atoms with Gasteiger partial charge in [0, 0.05) is 23.4 Å². The Hall–Kier alpha value is -2.66. The third-order valence-electron chi connectivity index (χ3n) is 4.99. The number of hydrogen-bond acceptors (Lipinski definition) is 3. The molecule has 124 valence electrons. The highest BCUT2D eigenvalue weighted by Crippen LogP contribution is 2.38. The molecule has 1 aliphatic heterocycles. The second-order valence-electron chi connectivity index (χ2n) is 6.59. The average Bonchev–Trinajstić information content (AvgIpc) is 3.29. The van der Waals surface area contributed by atoms with Crippen LogP contribution < -0.4 is 0 Å². The molecule has 0 N–H and O–H groups in total. The third kappa shape index (κ3) is 2.35. The highest BCUT2D eigenvalue weighted by Gasteiger charge is 2.25. The van der Waals surface area contributed by atoms with E-state index in [1.807, 2.05) is 10.8 Å². The molecule has 0 bridgehead atoms. The van der Waals surface area contributed by atoms with Crippen LogP contribution >= 0.6 is 0 Å². The van der Waals surface area contributed by atoms with E-state index in [0.717, 1.165) is 17.8 Å². The Morgan fingerprint density at radius 3 is 2.72 bits per heavy atom. The van der Waals surface area contributed by atoms with E-state index in [1.54, 1.807) is 12.3 Å². The fourth-order valence-corrected chi connectivity index (χ4v) is 5.10. The fraction of sp³-hybridized carbons (Fsp3) is 0.150. The Bertz CT molecular complexity index is 1130. The van der Waals surface area contributed by atoms with Gasteiger partial charge in [-0.2, -0.15) is 0 Å². The van der Waals surface area contributed by atoms with E-state index in [-0.39, 0.29) is 11.8 Å². The average molecular weight is 348 g/mol. The molecular formula is C20H16N2O2S. The van der Waals surface area contributed by atoms with Crippen molar-refractivity contribution in [2.45, 2.75) is 12.5 Å². The zero-order valence-electron chi connectivity index (χ0n) is 13.5. The normalized spacial score (nSPS) is 19.8. The molecule has 0 spiro atoms. The summed E-state index contributed by atoms with van der Waals surface area (Å²) in [5, 5.41) is 1.31. The lowest BCUT2D eigenvalue weighted by molar-refractivity contribution is 0.593. The van der Waals surface area contributed by atoms with E-state index in [1.165, 1.54) is 27.7 Å². The van der Waals surface area contributed by atoms with Crippen molar-refractivity contribution in [1.29, 1.82) is 0 Å². The van der Waals surface area contributed by atoms with Crippen molar-refractivity contribution in [1.82, 2.24) is 9.55 Å². The predicted octanol–water partition coefficient (Wildman–Crippen LogP) is 3.60. The molecule has 0 fully saturated rings. The van der Waals surface area contributed by atoms with Crippen LogP contribution in [0.25, 0.3) is 22.5 Å². The number of allylic oxidation sites excluding steroid dienone is 1. The monoisotopic (exact) mass is 348 g/mol. The molecule has 0 radical (unpaired) electrons. The van der Waals surface area contributed by atoms with Gasteiger partial charge in [-0.1, -0.05) is 36.4 Å². The van der Waals surface area contributed by atoms with Gasteiger partial charge in [0.2, 0.25) is 0 Å². The molecule has 0 saturated carbocycles. The maximum atomic E-state index is 11.7. The van der Waals surface area contributed by atoms with Crippen LogP contribution in [-0.4, -0.2) is 23.7 Å². The van der Waals surface area contributed by atoms with E-state index >= 15 is 0 Å². The number of sulfone groups is 1. The Morgan fingerprint density at radius 1 is 1.04 bits per heavy atom. The van der Waals surface area contributed by atoms with E-state index < -0.39 is 9.84 Å². The van der Waals surface area contributed by atoms with Crippen LogP contribution in [0.1, 0.15) is 17.2 Å².